The zero-order valence-corrected chi connectivity index (χ0v) is 21.8. The topological polar surface area (TPSA) is 149 Å². The second-order valence-electron chi connectivity index (χ2n) is 7.90. The molecule has 2 rings (SSSR count). The Morgan fingerprint density at radius 3 is 2.41 bits per heavy atom. The minimum atomic E-state index is -1.20. The van der Waals surface area contributed by atoms with Gasteiger partial charge in [0.15, 0.2) is 0 Å². The third kappa shape index (κ3) is 7.78. The highest BCUT2D eigenvalue weighted by molar-refractivity contribution is 6.31. The summed E-state index contributed by atoms with van der Waals surface area (Å²) in [4.78, 5) is 48.7. The van der Waals surface area contributed by atoms with Crippen molar-refractivity contribution in [2.45, 2.75) is 32.2 Å². The molecule has 0 saturated heterocycles. The van der Waals surface area contributed by atoms with Crippen LogP contribution >= 0.6 is 11.6 Å². The van der Waals surface area contributed by atoms with E-state index in [0.29, 0.717) is 22.0 Å². The number of allylic oxidation sites excluding steroid dienone is 1. The van der Waals surface area contributed by atoms with Gasteiger partial charge in [0.05, 0.1) is 63.2 Å². The van der Waals surface area contributed by atoms with E-state index >= 15 is 0 Å². The zero-order chi connectivity index (χ0) is 27.5. The molecule has 1 aromatic rings. The first-order chi connectivity index (χ1) is 17.7. The number of ether oxygens (including phenoxy) is 4. The first kappa shape index (κ1) is 29.8. The van der Waals surface area contributed by atoms with E-state index in [4.69, 9.17) is 25.8 Å². The van der Waals surface area contributed by atoms with Gasteiger partial charge < -0.3 is 34.7 Å². The second-order valence-corrected chi connectivity index (χ2v) is 8.31. The van der Waals surface area contributed by atoms with Gasteiger partial charge in [0.25, 0.3) is 0 Å². The fraction of sp³-hybridized carbons (Fsp3) is 0.440. The summed E-state index contributed by atoms with van der Waals surface area (Å²) >= 11 is 6.47. The van der Waals surface area contributed by atoms with Crippen molar-refractivity contribution in [3.8, 4) is 0 Å². The molecule has 202 valence electrons. The van der Waals surface area contributed by atoms with Crippen LogP contribution in [0.25, 0.3) is 0 Å². The fourth-order valence-electron chi connectivity index (χ4n) is 3.84. The molecule has 0 radical (unpaired) electrons. The lowest BCUT2D eigenvalue weighted by atomic mass is 9.80. The van der Waals surface area contributed by atoms with Gasteiger partial charge in [0.2, 0.25) is 0 Å². The van der Waals surface area contributed by atoms with Crippen molar-refractivity contribution in [2.24, 2.45) is 0 Å². The smallest absolute Gasteiger partial charge is 0.336 e. The van der Waals surface area contributed by atoms with Crippen LogP contribution in [0.1, 0.15) is 31.7 Å². The molecule has 1 heterocycles. The summed E-state index contributed by atoms with van der Waals surface area (Å²) in [5.41, 5.74) is 1.67. The molecular weight excluding hydrogens is 508 g/mol. The van der Waals surface area contributed by atoms with Crippen molar-refractivity contribution in [1.29, 1.82) is 0 Å². The van der Waals surface area contributed by atoms with Gasteiger partial charge in [0, 0.05) is 17.3 Å². The van der Waals surface area contributed by atoms with Gasteiger partial charge in [-0.15, -0.1) is 0 Å². The Morgan fingerprint density at radius 2 is 1.81 bits per heavy atom. The molecular formula is C25H31ClN2O9. The number of aliphatic carboxylic acids is 1. The van der Waals surface area contributed by atoms with Crippen molar-refractivity contribution in [1.82, 2.24) is 10.6 Å². The molecule has 37 heavy (non-hydrogen) atoms. The molecule has 0 aliphatic carbocycles. The lowest BCUT2D eigenvalue weighted by Crippen LogP contribution is -2.40. The molecule has 0 aromatic heterocycles. The number of hydrogen-bond acceptors (Lipinski definition) is 10. The van der Waals surface area contributed by atoms with Crippen LogP contribution < -0.4 is 10.6 Å². The minimum Gasteiger partial charge on any atom is -0.480 e. The average molecular weight is 539 g/mol. The van der Waals surface area contributed by atoms with Gasteiger partial charge in [0.1, 0.15) is 6.04 Å². The molecule has 3 N–H and O–H groups in total. The molecule has 0 fully saturated rings. The van der Waals surface area contributed by atoms with Gasteiger partial charge in [-0.3, -0.25) is 9.59 Å². The number of hydrogen-bond donors (Lipinski definition) is 3. The number of methoxy groups -OCH3 is 2. The standard InChI is InChI=1S/C25H31ClN2O9/c1-5-37-25(33)22-18(13-36-11-10-27-17(23(30)31)12-19(29)34-3)28-14(2)20(24(32)35-4)21(22)15-8-6-7-9-16(15)26/h6-9,17,21,27-28H,5,10-13H2,1-4H3,(H,30,31). The molecule has 11 nitrogen and oxygen atoms in total. The summed E-state index contributed by atoms with van der Waals surface area (Å²) in [6.45, 7) is 3.50. The van der Waals surface area contributed by atoms with Crippen LogP contribution in [0.5, 0.6) is 0 Å². The van der Waals surface area contributed by atoms with Crippen LogP contribution in [0.3, 0.4) is 0 Å². The quantitative estimate of drug-likeness (QED) is 0.192. The average Bonchev–Trinajstić information content (AvgIpc) is 2.87. The molecule has 2 unspecified atom stereocenters. The summed E-state index contributed by atoms with van der Waals surface area (Å²) in [5, 5.41) is 15.4. The van der Waals surface area contributed by atoms with E-state index < -0.39 is 35.8 Å². The second kappa shape index (κ2) is 14.4. The summed E-state index contributed by atoms with van der Waals surface area (Å²) in [7, 11) is 2.42. The number of esters is 3. The van der Waals surface area contributed by atoms with E-state index in [-0.39, 0.29) is 43.9 Å². The van der Waals surface area contributed by atoms with Crippen molar-refractivity contribution in [3.63, 3.8) is 0 Å². The number of nitrogens with one attached hydrogen (secondary N) is 2. The summed E-state index contributed by atoms with van der Waals surface area (Å²) < 4.78 is 20.5. The van der Waals surface area contributed by atoms with E-state index in [0.717, 1.165) is 0 Å². The van der Waals surface area contributed by atoms with Gasteiger partial charge in [-0.1, -0.05) is 29.8 Å². The van der Waals surface area contributed by atoms with Crippen LogP contribution in [0.4, 0.5) is 0 Å². The van der Waals surface area contributed by atoms with Crippen molar-refractivity contribution in [2.75, 3.05) is 40.6 Å². The zero-order valence-electron chi connectivity index (χ0n) is 21.1. The summed E-state index contributed by atoms with van der Waals surface area (Å²) in [6, 6.07) is 5.70. The SMILES string of the molecule is CCOC(=O)C1=C(COCCNC(CC(=O)OC)C(=O)O)NC(C)=C(C(=O)OC)C1c1ccccc1Cl. The number of dihydropyridines is 1. The van der Waals surface area contributed by atoms with Gasteiger partial charge in [-0.05, 0) is 25.5 Å². The summed E-state index contributed by atoms with van der Waals surface area (Å²) in [6.07, 6.45) is -0.342. The third-order valence-electron chi connectivity index (χ3n) is 5.54. The van der Waals surface area contributed by atoms with Crippen LogP contribution in [-0.4, -0.2) is 75.6 Å². The Morgan fingerprint density at radius 1 is 1.11 bits per heavy atom. The third-order valence-corrected chi connectivity index (χ3v) is 5.89. The largest absolute Gasteiger partial charge is 0.480 e. The number of carbonyl (C=O) groups excluding carboxylic acids is 3. The lowest BCUT2D eigenvalue weighted by molar-refractivity contribution is -0.147. The van der Waals surface area contributed by atoms with Crippen LogP contribution in [-0.2, 0) is 38.1 Å². The molecule has 1 aromatic carbocycles. The molecule has 1 aliphatic heterocycles. The molecule has 0 saturated carbocycles. The van der Waals surface area contributed by atoms with E-state index in [1.54, 1.807) is 38.1 Å². The van der Waals surface area contributed by atoms with Crippen LogP contribution in [0, 0.1) is 0 Å². The Hall–Kier alpha value is -3.41. The molecule has 0 bridgehead atoms. The maximum absolute atomic E-state index is 13.1. The fourth-order valence-corrected chi connectivity index (χ4v) is 4.08. The van der Waals surface area contributed by atoms with E-state index in [1.807, 2.05) is 0 Å². The maximum atomic E-state index is 13.1. The first-order valence-corrected chi connectivity index (χ1v) is 11.8. The molecule has 2 atom stereocenters. The van der Waals surface area contributed by atoms with E-state index in [9.17, 15) is 24.3 Å². The summed E-state index contributed by atoms with van der Waals surface area (Å²) in [5.74, 6) is -4.04. The number of halogens is 1. The molecule has 0 amide bonds. The highest BCUT2D eigenvalue weighted by Gasteiger charge is 2.39. The highest BCUT2D eigenvalue weighted by Crippen LogP contribution is 2.41. The van der Waals surface area contributed by atoms with Crippen molar-refractivity contribution in [3.05, 3.63) is 57.4 Å². The number of rotatable bonds is 13. The Kier molecular flexibility index (Phi) is 11.6. The Bertz CT molecular complexity index is 1080. The van der Waals surface area contributed by atoms with E-state index in [1.165, 1.54) is 14.2 Å². The molecule has 0 spiro atoms. The number of carboxylic acid groups (broad SMARTS) is 1. The van der Waals surface area contributed by atoms with Gasteiger partial charge in [-0.25, -0.2) is 9.59 Å². The minimum absolute atomic E-state index is 0.0512. The van der Waals surface area contributed by atoms with E-state index in [2.05, 4.69) is 15.4 Å². The number of carbonyl (C=O) groups is 4. The highest BCUT2D eigenvalue weighted by atomic mass is 35.5. The van der Waals surface area contributed by atoms with Gasteiger partial charge >= 0.3 is 23.9 Å². The van der Waals surface area contributed by atoms with Crippen LogP contribution in [0.15, 0.2) is 46.8 Å². The predicted octanol–water partition coefficient (Wildman–Crippen LogP) is 1.91. The van der Waals surface area contributed by atoms with Crippen LogP contribution in [0.2, 0.25) is 5.02 Å². The number of carboxylic acids is 1. The Labute approximate surface area is 219 Å². The normalized spacial score (nSPS) is 16.1. The Balaban J connectivity index is 2.32. The van der Waals surface area contributed by atoms with Crippen molar-refractivity contribution >= 4 is 35.5 Å². The lowest BCUT2D eigenvalue weighted by Gasteiger charge is -2.31. The number of benzene rings is 1. The first-order valence-electron chi connectivity index (χ1n) is 11.5. The van der Waals surface area contributed by atoms with Crippen molar-refractivity contribution < 1.29 is 43.2 Å². The molecule has 1 aliphatic rings. The maximum Gasteiger partial charge on any atom is 0.336 e. The monoisotopic (exact) mass is 538 g/mol. The van der Waals surface area contributed by atoms with Gasteiger partial charge in [-0.2, -0.15) is 0 Å². The molecule has 12 heteroatoms. The predicted molar refractivity (Wildman–Crippen MR) is 133 cm³/mol.